The second-order valence-corrected chi connectivity index (χ2v) is 14.2. The van der Waals surface area contributed by atoms with Gasteiger partial charge in [0.05, 0.1) is 40.7 Å². The molecule has 9 nitrogen and oxygen atoms in total. The van der Waals surface area contributed by atoms with Gasteiger partial charge in [-0.3, -0.25) is 9.69 Å². The number of thiazole rings is 1. The van der Waals surface area contributed by atoms with E-state index in [9.17, 15) is 9.90 Å². The minimum Gasteiger partial charge on any atom is -0.383 e. The Bertz CT molecular complexity index is 1710. The first-order chi connectivity index (χ1) is 22.3. The Morgan fingerprint density at radius 2 is 1.89 bits per heavy atom. The lowest BCUT2D eigenvalue weighted by Gasteiger charge is -2.34. The van der Waals surface area contributed by atoms with Gasteiger partial charge in [0.15, 0.2) is 5.82 Å². The predicted octanol–water partition coefficient (Wildman–Crippen LogP) is 6.68. The number of carbonyl (C=O) groups is 1. The van der Waals surface area contributed by atoms with Gasteiger partial charge in [-0.25, -0.2) is 9.37 Å². The molecule has 3 aliphatic rings. The number of nitrogens with zero attached hydrogens (tertiary/aromatic N) is 3. The van der Waals surface area contributed by atoms with Crippen molar-refractivity contribution in [1.29, 1.82) is 0 Å². The molecule has 2 aromatic heterocycles. The van der Waals surface area contributed by atoms with Gasteiger partial charge in [0.2, 0.25) is 0 Å². The Kier molecular flexibility index (Phi) is 9.35. The fraction of sp³-hybridized carbons (Fsp3) is 0.485. The predicted molar refractivity (Wildman–Crippen MR) is 174 cm³/mol. The summed E-state index contributed by atoms with van der Waals surface area (Å²) in [6.45, 7) is 4.50. The fourth-order valence-corrected chi connectivity index (χ4v) is 8.01. The molecular weight excluding hydrogens is 654 g/mol. The number of aromatic nitrogens is 2. The van der Waals surface area contributed by atoms with E-state index in [1.165, 1.54) is 17.4 Å². The van der Waals surface area contributed by atoms with Crippen molar-refractivity contribution < 1.29 is 28.3 Å². The molecular formula is C33H35Cl2FN4O5S. The zero-order valence-corrected chi connectivity index (χ0v) is 27.5. The van der Waals surface area contributed by atoms with Crippen LogP contribution in [0.1, 0.15) is 71.1 Å². The SMILES string of the molecule is O=C(NCCN1CCOCC1)c1cc(F)c2nc(C3(O)CCC(OCc4c(-c5c(Cl)cccc5Cl)noc4C4CC4)CC3)sc2c1. The van der Waals surface area contributed by atoms with E-state index >= 15 is 4.39 Å². The van der Waals surface area contributed by atoms with Crippen LogP contribution < -0.4 is 5.32 Å². The zero-order valence-electron chi connectivity index (χ0n) is 25.2. The number of aliphatic hydroxyl groups is 1. The summed E-state index contributed by atoms with van der Waals surface area (Å²) in [6.07, 6.45) is 3.99. The van der Waals surface area contributed by atoms with Crippen LogP contribution in [0.5, 0.6) is 0 Å². The molecule has 13 heteroatoms. The molecule has 0 radical (unpaired) electrons. The molecule has 3 fully saturated rings. The Hall–Kier alpha value is -2.64. The molecule has 2 aliphatic carbocycles. The second-order valence-electron chi connectivity index (χ2n) is 12.3. The Morgan fingerprint density at radius 1 is 1.15 bits per heavy atom. The lowest BCUT2D eigenvalue weighted by atomic mass is 9.83. The molecule has 4 aromatic rings. The highest BCUT2D eigenvalue weighted by Gasteiger charge is 2.39. The van der Waals surface area contributed by atoms with Gasteiger partial charge in [-0.1, -0.05) is 34.4 Å². The van der Waals surface area contributed by atoms with Crippen LogP contribution in [0, 0.1) is 5.82 Å². The second kappa shape index (κ2) is 13.5. The Morgan fingerprint density at radius 3 is 2.61 bits per heavy atom. The van der Waals surface area contributed by atoms with Crippen LogP contribution in [0.4, 0.5) is 4.39 Å². The average Bonchev–Trinajstić information content (AvgIpc) is 3.65. The molecule has 1 saturated heterocycles. The van der Waals surface area contributed by atoms with Crippen LogP contribution in [-0.2, 0) is 21.7 Å². The van der Waals surface area contributed by atoms with Crippen molar-refractivity contribution in [2.45, 2.75) is 62.8 Å². The first-order valence-electron chi connectivity index (χ1n) is 15.7. The van der Waals surface area contributed by atoms with Gasteiger partial charge in [-0.05, 0) is 62.8 Å². The van der Waals surface area contributed by atoms with Crippen molar-refractivity contribution >= 4 is 50.7 Å². The van der Waals surface area contributed by atoms with Crippen LogP contribution in [0.25, 0.3) is 21.5 Å². The number of amides is 1. The molecule has 0 atom stereocenters. The van der Waals surface area contributed by atoms with E-state index in [-0.39, 0.29) is 23.1 Å². The fourth-order valence-electron chi connectivity index (χ4n) is 6.27. The van der Waals surface area contributed by atoms with Crippen LogP contribution in [0.2, 0.25) is 10.0 Å². The van der Waals surface area contributed by atoms with E-state index in [1.807, 2.05) is 0 Å². The summed E-state index contributed by atoms with van der Waals surface area (Å²) >= 11 is 14.2. The molecule has 2 aromatic carbocycles. The van der Waals surface area contributed by atoms with Gasteiger partial charge in [-0.15, -0.1) is 11.3 Å². The van der Waals surface area contributed by atoms with Crippen LogP contribution >= 0.6 is 34.5 Å². The lowest BCUT2D eigenvalue weighted by Crippen LogP contribution is -2.41. The third-order valence-electron chi connectivity index (χ3n) is 9.12. The van der Waals surface area contributed by atoms with Gasteiger partial charge < -0.3 is 24.4 Å². The maximum Gasteiger partial charge on any atom is 0.251 e. The van der Waals surface area contributed by atoms with Gasteiger partial charge >= 0.3 is 0 Å². The number of ether oxygens (including phenoxy) is 2. The average molecular weight is 690 g/mol. The molecule has 2 saturated carbocycles. The lowest BCUT2D eigenvalue weighted by molar-refractivity contribution is -0.0641. The minimum atomic E-state index is -1.21. The van der Waals surface area contributed by atoms with Gasteiger partial charge in [0.1, 0.15) is 27.6 Å². The molecule has 7 rings (SSSR count). The summed E-state index contributed by atoms with van der Waals surface area (Å²) in [6, 6.07) is 8.21. The van der Waals surface area contributed by atoms with E-state index in [1.54, 1.807) is 24.3 Å². The summed E-state index contributed by atoms with van der Waals surface area (Å²) in [5.74, 6) is 0.227. The molecule has 0 spiro atoms. The number of carbonyl (C=O) groups excluding carboxylic acids is 1. The van der Waals surface area contributed by atoms with Crippen LogP contribution in [0.3, 0.4) is 0 Å². The Labute approximate surface area is 280 Å². The van der Waals surface area contributed by atoms with Crippen molar-refractivity contribution in [2.75, 3.05) is 39.4 Å². The summed E-state index contributed by atoms with van der Waals surface area (Å²) in [5, 5.41) is 20.3. The maximum atomic E-state index is 15.1. The quantitative estimate of drug-likeness (QED) is 0.190. The number of hydrogen-bond donors (Lipinski definition) is 2. The van der Waals surface area contributed by atoms with Crippen molar-refractivity contribution in [3.8, 4) is 11.3 Å². The number of nitrogens with one attached hydrogen (secondary N) is 1. The van der Waals surface area contributed by atoms with Crippen molar-refractivity contribution in [3.63, 3.8) is 0 Å². The summed E-state index contributed by atoms with van der Waals surface area (Å²) < 4.78 is 33.2. The van der Waals surface area contributed by atoms with Gasteiger partial charge in [0, 0.05) is 48.8 Å². The van der Waals surface area contributed by atoms with Gasteiger partial charge in [-0.2, -0.15) is 0 Å². The van der Waals surface area contributed by atoms with Crippen LogP contribution in [0.15, 0.2) is 34.9 Å². The van der Waals surface area contributed by atoms with E-state index in [4.69, 9.17) is 37.2 Å². The summed E-state index contributed by atoms with van der Waals surface area (Å²) in [7, 11) is 0. The molecule has 1 aliphatic heterocycles. The van der Waals surface area contributed by atoms with Crippen molar-refractivity contribution in [2.24, 2.45) is 0 Å². The van der Waals surface area contributed by atoms with E-state index in [0.29, 0.717) is 95.5 Å². The first-order valence-corrected chi connectivity index (χ1v) is 17.3. The van der Waals surface area contributed by atoms with E-state index in [0.717, 1.165) is 37.3 Å². The molecule has 46 heavy (non-hydrogen) atoms. The van der Waals surface area contributed by atoms with Gasteiger partial charge in [0.25, 0.3) is 5.91 Å². The molecule has 2 N–H and O–H groups in total. The smallest absolute Gasteiger partial charge is 0.251 e. The topological polar surface area (TPSA) is 110 Å². The van der Waals surface area contributed by atoms with Crippen LogP contribution in [-0.4, -0.2) is 71.6 Å². The normalized spacial score (nSPS) is 22.4. The highest BCUT2D eigenvalue weighted by atomic mass is 35.5. The molecule has 1 amide bonds. The van der Waals surface area contributed by atoms with E-state index in [2.05, 4.69) is 20.4 Å². The monoisotopic (exact) mass is 688 g/mol. The number of fused-ring (bicyclic) bond motifs is 1. The highest BCUT2D eigenvalue weighted by molar-refractivity contribution is 7.18. The number of halogens is 3. The molecule has 3 heterocycles. The number of hydrogen-bond acceptors (Lipinski definition) is 9. The zero-order chi connectivity index (χ0) is 31.8. The summed E-state index contributed by atoms with van der Waals surface area (Å²) in [5.41, 5.74) is 1.30. The van der Waals surface area contributed by atoms with E-state index < -0.39 is 11.4 Å². The first kappa shape index (κ1) is 31.9. The third kappa shape index (κ3) is 6.69. The van der Waals surface area contributed by atoms with Crippen molar-refractivity contribution in [1.82, 2.24) is 20.4 Å². The molecule has 0 unspecified atom stereocenters. The standard InChI is InChI=1S/C33H35Cl2FN4O5S/c34-23-2-1-3-24(35)27(23)28-22(30(45-39-28)19-4-5-19)18-44-21-6-8-33(42,9-7-21)32-38-29-25(36)16-20(17-26(29)46-32)31(41)37-10-11-40-12-14-43-15-13-40/h1-3,16-17,19,21,42H,4-15,18H2,(H,37,41). The third-order valence-corrected chi connectivity index (χ3v) is 10.9. The molecule has 0 bridgehead atoms. The number of rotatable bonds is 10. The minimum absolute atomic E-state index is 0.101. The van der Waals surface area contributed by atoms with Crippen molar-refractivity contribution in [3.05, 3.63) is 68.1 Å². The maximum absolute atomic E-state index is 15.1. The highest BCUT2D eigenvalue weighted by Crippen LogP contribution is 2.47. The number of morpholine rings is 1. The largest absolute Gasteiger partial charge is 0.383 e. The number of benzene rings is 2. The molecule has 244 valence electrons. The summed E-state index contributed by atoms with van der Waals surface area (Å²) in [4.78, 5) is 19.5. The Balaban J connectivity index is 0.995.